The van der Waals surface area contributed by atoms with Crippen molar-refractivity contribution in [3.05, 3.63) is 136 Å². The normalized spacial score (nSPS) is 12.4. The van der Waals surface area contributed by atoms with E-state index in [-0.39, 0.29) is 46.8 Å². The van der Waals surface area contributed by atoms with E-state index in [2.05, 4.69) is 4.98 Å². The fraction of sp³-hybridized carbons (Fsp3) is 0.212. The van der Waals surface area contributed by atoms with Gasteiger partial charge in [-0.15, -0.1) is 0 Å². The lowest BCUT2D eigenvalue weighted by Crippen LogP contribution is -2.55. The molecule has 0 fully saturated rings. The largest absolute Gasteiger partial charge is 0.491 e. The van der Waals surface area contributed by atoms with E-state index in [4.69, 9.17) is 9.47 Å². The second kappa shape index (κ2) is 12.7. The molecule has 234 valence electrons. The SMILES string of the molecule is O=c1c2cc(OCCF)ccc2nc(Cc2ccccc2)n1-c1ccc(C(OCc2ccccc2)(C(F)(F)F)C(F)(F)F)cc1. The maximum Gasteiger partial charge on any atom is 0.430 e. The minimum Gasteiger partial charge on any atom is -0.491 e. The predicted octanol–water partition coefficient (Wildman–Crippen LogP) is 7.86. The van der Waals surface area contributed by atoms with E-state index in [1.54, 1.807) is 36.4 Å². The van der Waals surface area contributed by atoms with Gasteiger partial charge >= 0.3 is 12.4 Å². The number of fused-ring (bicyclic) bond motifs is 1. The van der Waals surface area contributed by atoms with Crippen molar-refractivity contribution in [2.75, 3.05) is 13.3 Å². The fourth-order valence-electron chi connectivity index (χ4n) is 4.97. The van der Waals surface area contributed by atoms with Gasteiger partial charge in [0.25, 0.3) is 11.2 Å². The van der Waals surface area contributed by atoms with Gasteiger partial charge in [0.15, 0.2) is 0 Å². The van der Waals surface area contributed by atoms with Crippen molar-refractivity contribution in [1.82, 2.24) is 9.55 Å². The highest BCUT2D eigenvalue weighted by atomic mass is 19.4. The molecule has 0 atom stereocenters. The Labute approximate surface area is 252 Å². The molecular formula is C33H25F7N2O3. The average Bonchev–Trinajstić information content (AvgIpc) is 3.01. The molecule has 0 unspecified atom stereocenters. The Hall–Kier alpha value is -4.71. The van der Waals surface area contributed by atoms with Gasteiger partial charge in [0.1, 0.15) is 24.9 Å². The van der Waals surface area contributed by atoms with Crippen LogP contribution < -0.4 is 10.3 Å². The summed E-state index contributed by atoms with van der Waals surface area (Å²) in [5.74, 6) is 0.370. The first kappa shape index (κ1) is 31.7. The average molecular weight is 631 g/mol. The first-order chi connectivity index (χ1) is 21.4. The number of hydrogen-bond donors (Lipinski definition) is 0. The summed E-state index contributed by atoms with van der Waals surface area (Å²) in [6.45, 7) is -1.99. The molecule has 0 saturated heterocycles. The van der Waals surface area contributed by atoms with Crippen LogP contribution in [0.4, 0.5) is 30.7 Å². The molecule has 0 aliphatic heterocycles. The second-order valence-electron chi connectivity index (χ2n) is 10.0. The van der Waals surface area contributed by atoms with Crippen LogP contribution in [0.15, 0.2) is 108 Å². The minimum absolute atomic E-state index is 0.0273. The van der Waals surface area contributed by atoms with Gasteiger partial charge in [0.05, 0.1) is 23.2 Å². The van der Waals surface area contributed by atoms with E-state index in [1.807, 2.05) is 0 Å². The van der Waals surface area contributed by atoms with Gasteiger partial charge in [0, 0.05) is 12.0 Å². The van der Waals surface area contributed by atoms with Gasteiger partial charge in [-0.05, 0) is 41.5 Å². The van der Waals surface area contributed by atoms with Crippen molar-refractivity contribution < 1.29 is 40.2 Å². The molecule has 1 heterocycles. The first-order valence-electron chi connectivity index (χ1n) is 13.7. The van der Waals surface area contributed by atoms with Gasteiger partial charge in [-0.2, -0.15) is 26.3 Å². The molecule has 5 aromatic rings. The molecule has 1 aromatic heterocycles. The number of alkyl halides is 7. The predicted molar refractivity (Wildman–Crippen MR) is 153 cm³/mol. The lowest BCUT2D eigenvalue weighted by molar-refractivity contribution is -0.392. The zero-order valence-corrected chi connectivity index (χ0v) is 23.4. The van der Waals surface area contributed by atoms with Crippen molar-refractivity contribution in [3.8, 4) is 11.4 Å². The summed E-state index contributed by atoms with van der Waals surface area (Å²) < 4.78 is 110. The van der Waals surface area contributed by atoms with Crippen molar-refractivity contribution in [3.63, 3.8) is 0 Å². The van der Waals surface area contributed by atoms with Crippen LogP contribution >= 0.6 is 0 Å². The molecule has 0 aliphatic carbocycles. The molecule has 0 N–H and O–H groups in total. The minimum atomic E-state index is -5.89. The van der Waals surface area contributed by atoms with Crippen LogP contribution in [0.3, 0.4) is 0 Å². The lowest BCUT2D eigenvalue weighted by atomic mass is 9.91. The molecule has 0 amide bonds. The third-order valence-corrected chi connectivity index (χ3v) is 7.09. The summed E-state index contributed by atoms with van der Waals surface area (Å²) in [6.07, 6.45) is -11.7. The summed E-state index contributed by atoms with van der Waals surface area (Å²) in [4.78, 5) is 18.4. The molecule has 0 spiro atoms. The Balaban J connectivity index is 1.64. The maximum absolute atomic E-state index is 14.4. The highest BCUT2D eigenvalue weighted by Gasteiger charge is 2.73. The third-order valence-electron chi connectivity index (χ3n) is 7.09. The molecule has 4 aromatic carbocycles. The quantitative estimate of drug-likeness (QED) is 0.148. The monoisotopic (exact) mass is 630 g/mol. The smallest absolute Gasteiger partial charge is 0.430 e. The summed E-state index contributed by atoms with van der Waals surface area (Å²) in [5, 5.41) is 0.0540. The Morgan fingerprint density at radius 3 is 1.91 bits per heavy atom. The molecule has 0 bridgehead atoms. The fourth-order valence-corrected chi connectivity index (χ4v) is 4.97. The van der Waals surface area contributed by atoms with Gasteiger partial charge in [-0.1, -0.05) is 72.8 Å². The molecule has 45 heavy (non-hydrogen) atoms. The molecule has 0 saturated carbocycles. The van der Waals surface area contributed by atoms with Crippen LogP contribution in [0.5, 0.6) is 5.75 Å². The summed E-state index contributed by atoms with van der Waals surface area (Å²) in [6, 6.07) is 23.7. The molecule has 0 radical (unpaired) electrons. The zero-order valence-electron chi connectivity index (χ0n) is 23.4. The van der Waals surface area contributed by atoms with Crippen LogP contribution in [0.25, 0.3) is 16.6 Å². The molecule has 0 aliphatic rings. The highest BCUT2D eigenvalue weighted by molar-refractivity contribution is 5.79. The highest BCUT2D eigenvalue weighted by Crippen LogP contribution is 2.53. The number of hydrogen-bond acceptors (Lipinski definition) is 4. The topological polar surface area (TPSA) is 53.3 Å². The summed E-state index contributed by atoms with van der Waals surface area (Å²) >= 11 is 0. The summed E-state index contributed by atoms with van der Waals surface area (Å²) in [7, 11) is 0. The Bertz CT molecular complexity index is 1790. The van der Waals surface area contributed by atoms with Crippen LogP contribution in [0.1, 0.15) is 22.5 Å². The molecule has 5 rings (SSSR count). The first-order valence-corrected chi connectivity index (χ1v) is 13.7. The third kappa shape index (κ3) is 6.41. The van der Waals surface area contributed by atoms with Gasteiger partial charge in [-0.25, -0.2) is 9.37 Å². The van der Waals surface area contributed by atoms with Crippen molar-refractivity contribution in [2.45, 2.75) is 31.0 Å². The van der Waals surface area contributed by atoms with Crippen molar-refractivity contribution >= 4 is 10.9 Å². The van der Waals surface area contributed by atoms with Crippen LogP contribution in [0, 0.1) is 0 Å². The molecule has 5 nitrogen and oxygen atoms in total. The molecular weight excluding hydrogens is 605 g/mol. The summed E-state index contributed by atoms with van der Waals surface area (Å²) in [5.41, 5.74) is -5.41. The lowest BCUT2D eigenvalue weighted by Gasteiger charge is -2.37. The van der Waals surface area contributed by atoms with E-state index < -0.39 is 42.4 Å². The van der Waals surface area contributed by atoms with E-state index in [0.29, 0.717) is 12.1 Å². The zero-order chi connectivity index (χ0) is 32.2. The Morgan fingerprint density at radius 1 is 0.733 bits per heavy atom. The van der Waals surface area contributed by atoms with E-state index in [0.717, 1.165) is 22.3 Å². The Morgan fingerprint density at radius 2 is 1.33 bits per heavy atom. The number of nitrogens with zero attached hydrogens (tertiary/aromatic N) is 2. The van der Waals surface area contributed by atoms with Crippen LogP contribution in [0.2, 0.25) is 0 Å². The van der Waals surface area contributed by atoms with Crippen LogP contribution in [-0.2, 0) is 23.4 Å². The van der Waals surface area contributed by atoms with Gasteiger partial charge in [0.2, 0.25) is 0 Å². The van der Waals surface area contributed by atoms with Crippen molar-refractivity contribution in [1.29, 1.82) is 0 Å². The number of rotatable bonds is 10. The maximum atomic E-state index is 14.4. The van der Waals surface area contributed by atoms with Crippen LogP contribution in [-0.4, -0.2) is 35.2 Å². The van der Waals surface area contributed by atoms with Gasteiger partial charge < -0.3 is 9.47 Å². The van der Waals surface area contributed by atoms with E-state index >= 15 is 0 Å². The standard InChI is InChI=1S/C33H25F7N2O3/c34-17-18-44-26-15-16-28-27(20-26)30(43)42(29(41-28)19-22-7-3-1-4-8-22)25-13-11-24(12-14-25)31(32(35,36)37,33(38,39)40)45-21-23-9-5-2-6-10-23/h1-16,20H,17-19,21H2. The molecule has 12 heteroatoms. The van der Waals surface area contributed by atoms with E-state index in [1.165, 1.54) is 42.5 Å². The number of aromatic nitrogens is 2. The van der Waals surface area contributed by atoms with Gasteiger partial charge in [-0.3, -0.25) is 9.36 Å². The number of halogens is 7. The van der Waals surface area contributed by atoms with E-state index in [9.17, 15) is 35.5 Å². The Kier molecular flexibility index (Phi) is 8.96. The second-order valence-corrected chi connectivity index (χ2v) is 10.0. The number of ether oxygens (including phenoxy) is 2. The van der Waals surface area contributed by atoms with Crippen molar-refractivity contribution in [2.24, 2.45) is 0 Å². The number of benzene rings is 4.